The molecule has 1 atom stereocenters. The predicted molar refractivity (Wildman–Crippen MR) is 77.1 cm³/mol. The molecule has 2 aromatic heterocycles. The second-order valence-electron chi connectivity index (χ2n) is 5.56. The van der Waals surface area contributed by atoms with E-state index in [9.17, 15) is 5.26 Å². The molecule has 0 aliphatic heterocycles. The van der Waals surface area contributed by atoms with E-state index in [1.165, 1.54) is 5.56 Å². The minimum absolute atomic E-state index is 0.273. The zero-order chi connectivity index (χ0) is 14.2. The Morgan fingerprint density at radius 2 is 2.35 bits per heavy atom. The fourth-order valence-corrected chi connectivity index (χ4v) is 2.74. The van der Waals surface area contributed by atoms with Crippen LogP contribution in [0.1, 0.15) is 24.6 Å². The third-order valence-corrected chi connectivity index (χ3v) is 4.01. The van der Waals surface area contributed by atoms with Gasteiger partial charge in [0.15, 0.2) is 0 Å². The first-order valence-electron chi connectivity index (χ1n) is 6.77. The predicted octanol–water partition coefficient (Wildman–Crippen LogP) is 2.53. The molecule has 3 rings (SSSR count). The van der Waals surface area contributed by atoms with Crippen molar-refractivity contribution in [2.75, 3.05) is 12.4 Å². The second-order valence-corrected chi connectivity index (χ2v) is 5.56. The standard InChI is InChI=1S/C15H17N5/c1-15(9-16)5-3-11-12(8-15)19-20-14(11)10-4-6-18-13(7-10)17-2/h4,6-7H,3,5,8H2,1-2H3,(H,17,18)(H,19,20). The van der Waals surface area contributed by atoms with Gasteiger partial charge in [0, 0.05) is 36.5 Å². The van der Waals surface area contributed by atoms with Crippen molar-refractivity contribution >= 4 is 5.82 Å². The van der Waals surface area contributed by atoms with E-state index in [1.54, 1.807) is 6.20 Å². The number of pyridine rings is 1. The van der Waals surface area contributed by atoms with Crippen LogP contribution in [0.4, 0.5) is 5.82 Å². The molecule has 0 radical (unpaired) electrons. The summed E-state index contributed by atoms with van der Waals surface area (Å²) in [6.07, 6.45) is 4.30. The number of aromatic amines is 1. The molecule has 2 heterocycles. The third kappa shape index (κ3) is 2.03. The summed E-state index contributed by atoms with van der Waals surface area (Å²) in [5.74, 6) is 0.830. The van der Waals surface area contributed by atoms with Gasteiger partial charge >= 0.3 is 0 Å². The molecule has 1 aliphatic rings. The number of nitrogens with one attached hydrogen (secondary N) is 2. The minimum atomic E-state index is -0.273. The molecule has 0 bridgehead atoms. The van der Waals surface area contributed by atoms with E-state index in [4.69, 9.17) is 0 Å². The van der Waals surface area contributed by atoms with Crippen molar-refractivity contribution in [2.24, 2.45) is 5.41 Å². The van der Waals surface area contributed by atoms with Gasteiger partial charge in [-0.15, -0.1) is 0 Å². The number of aromatic nitrogens is 3. The number of nitriles is 1. The SMILES string of the molecule is CNc1cc(-c2n[nH]c3c2CCC(C)(C#N)C3)ccn1. The maximum Gasteiger partial charge on any atom is 0.126 e. The minimum Gasteiger partial charge on any atom is -0.373 e. The van der Waals surface area contributed by atoms with Crippen molar-refractivity contribution in [1.82, 2.24) is 15.2 Å². The van der Waals surface area contributed by atoms with Crippen LogP contribution < -0.4 is 5.32 Å². The summed E-state index contributed by atoms with van der Waals surface area (Å²) in [5, 5.41) is 19.9. The fraction of sp³-hybridized carbons (Fsp3) is 0.400. The van der Waals surface area contributed by atoms with E-state index in [1.807, 2.05) is 26.1 Å². The molecule has 2 N–H and O–H groups in total. The highest BCUT2D eigenvalue weighted by Gasteiger charge is 2.32. The van der Waals surface area contributed by atoms with Gasteiger partial charge in [-0.3, -0.25) is 5.10 Å². The Morgan fingerprint density at radius 3 is 3.10 bits per heavy atom. The number of fused-ring (bicyclic) bond motifs is 1. The van der Waals surface area contributed by atoms with E-state index in [-0.39, 0.29) is 5.41 Å². The van der Waals surface area contributed by atoms with Crippen LogP contribution >= 0.6 is 0 Å². The smallest absolute Gasteiger partial charge is 0.126 e. The lowest BCUT2D eigenvalue weighted by atomic mass is 9.75. The summed E-state index contributed by atoms with van der Waals surface area (Å²) < 4.78 is 0. The quantitative estimate of drug-likeness (QED) is 0.876. The largest absolute Gasteiger partial charge is 0.373 e. The summed E-state index contributed by atoms with van der Waals surface area (Å²) in [4.78, 5) is 4.22. The molecule has 0 aromatic carbocycles. The van der Waals surface area contributed by atoms with Gasteiger partial charge in [0.2, 0.25) is 0 Å². The molecular weight excluding hydrogens is 250 g/mol. The van der Waals surface area contributed by atoms with Gasteiger partial charge in [-0.05, 0) is 31.9 Å². The monoisotopic (exact) mass is 267 g/mol. The molecule has 102 valence electrons. The topological polar surface area (TPSA) is 77.4 Å². The summed E-state index contributed by atoms with van der Waals surface area (Å²) in [7, 11) is 1.85. The maximum atomic E-state index is 9.27. The first kappa shape index (κ1) is 12.7. The van der Waals surface area contributed by atoms with Crippen molar-refractivity contribution in [2.45, 2.75) is 26.2 Å². The normalized spacial score (nSPS) is 21.1. The van der Waals surface area contributed by atoms with Gasteiger partial charge in [0.1, 0.15) is 5.82 Å². The number of hydrogen-bond donors (Lipinski definition) is 2. The van der Waals surface area contributed by atoms with Gasteiger partial charge in [-0.1, -0.05) is 0 Å². The van der Waals surface area contributed by atoms with Crippen molar-refractivity contribution in [1.29, 1.82) is 5.26 Å². The second kappa shape index (κ2) is 4.64. The highest BCUT2D eigenvalue weighted by Crippen LogP contribution is 2.37. The zero-order valence-electron chi connectivity index (χ0n) is 11.7. The average Bonchev–Trinajstić information content (AvgIpc) is 2.90. The average molecular weight is 267 g/mol. The first-order chi connectivity index (χ1) is 9.65. The van der Waals surface area contributed by atoms with E-state index >= 15 is 0 Å². The van der Waals surface area contributed by atoms with Crippen LogP contribution in [0.5, 0.6) is 0 Å². The lowest BCUT2D eigenvalue weighted by molar-refractivity contribution is 0.377. The Balaban J connectivity index is 2.00. The molecule has 0 spiro atoms. The number of anilines is 1. The van der Waals surface area contributed by atoms with Gasteiger partial charge in [-0.2, -0.15) is 10.4 Å². The molecule has 20 heavy (non-hydrogen) atoms. The van der Waals surface area contributed by atoms with Crippen molar-refractivity contribution in [3.8, 4) is 17.3 Å². The Hall–Kier alpha value is -2.35. The number of rotatable bonds is 2. The van der Waals surface area contributed by atoms with E-state index in [0.29, 0.717) is 0 Å². The Morgan fingerprint density at radius 1 is 1.50 bits per heavy atom. The molecule has 5 heteroatoms. The van der Waals surface area contributed by atoms with Crippen molar-refractivity contribution < 1.29 is 0 Å². The molecule has 0 amide bonds. The third-order valence-electron chi connectivity index (χ3n) is 4.01. The van der Waals surface area contributed by atoms with Crippen LogP contribution in [0.2, 0.25) is 0 Å². The summed E-state index contributed by atoms with van der Waals surface area (Å²) in [6.45, 7) is 2.02. The van der Waals surface area contributed by atoms with Crippen LogP contribution in [-0.2, 0) is 12.8 Å². The lowest BCUT2D eigenvalue weighted by Crippen LogP contribution is -2.23. The van der Waals surface area contributed by atoms with E-state index < -0.39 is 0 Å². The van der Waals surface area contributed by atoms with Gasteiger partial charge < -0.3 is 5.32 Å². The summed E-state index contributed by atoms with van der Waals surface area (Å²) in [5.41, 5.74) is 4.11. The fourth-order valence-electron chi connectivity index (χ4n) is 2.74. The molecule has 0 saturated carbocycles. The molecule has 1 unspecified atom stereocenters. The summed E-state index contributed by atoms with van der Waals surface area (Å²) >= 11 is 0. The van der Waals surface area contributed by atoms with E-state index in [2.05, 4.69) is 26.6 Å². The molecule has 1 aliphatic carbocycles. The molecule has 5 nitrogen and oxygen atoms in total. The molecule has 0 saturated heterocycles. The van der Waals surface area contributed by atoms with Gasteiger partial charge in [0.05, 0.1) is 17.2 Å². The Labute approximate surface area is 118 Å². The first-order valence-corrected chi connectivity index (χ1v) is 6.77. The van der Waals surface area contributed by atoms with Crippen LogP contribution in [0.25, 0.3) is 11.3 Å². The van der Waals surface area contributed by atoms with Crippen molar-refractivity contribution in [3.63, 3.8) is 0 Å². The highest BCUT2D eigenvalue weighted by atomic mass is 15.1. The van der Waals surface area contributed by atoms with Crippen molar-refractivity contribution in [3.05, 3.63) is 29.6 Å². The zero-order valence-corrected chi connectivity index (χ0v) is 11.7. The van der Waals surface area contributed by atoms with Crippen LogP contribution in [0, 0.1) is 16.7 Å². The van der Waals surface area contributed by atoms with Crippen LogP contribution in [-0.4, -0.2) is 22.2 Å². The van der Waals surface area contributed by atoms with E-state index in [0.717, 1.165) is 42.0 Å². The van der Waals surface area contributed by atoms with Gasteiger partial charge in [0.25, 0.3) is 0 Å². The van der Waals surface area contributed by atoms with Crippen LogP contribution in [0.15, 0.2) is 18.3 Å². The highest BCUT2D eigenvalue weighted by molar-refractivity contribution is 5.67. The number of nitrogens with zero attached hydrogens (tertiary/aromatic N) is 3. The molecule has 0 fully saturated rings. The number of hydrogen-bond acceptors (Lipinski definition) is 4. The Bertz CT molecular complexity index is 682. The number of H-pyrrole nitrogens is 1. The lowest BCUT2D eigenvalue weighted by Gasteiger charge is -2.26. The summed E-state index contributed by atoms with van der Waals surface area (Å²) in [6, 6.07) is 6.38. The molecule has 2 aromatic rings. The Kier molecular flexibility index (Phi) is 2.94. The van der Waals surface area contributed by atoms with Gasteiger partial charge in [-0.25, -0.2) is 4.98 Å². The maximum absolute atomic E-state index is 9.27. The molecular formula is C15H17N5. The van der Waals surface area contributed by atoms with Crippen LogP contribution in [0.3, 0.4) is 0 Å².